The predicted molar refractivity (Wildman–Crippen MR) is 84.3 cm³/mol. The summed E-state index contributed by atoms with van der Waals surface area (Å²) < 4.78 is 0. The van der Waals surface area contributed by atoms with Gasteiger partial charge in [0.25, 0.3) is 0 Å². The van der Waals surface area contributed by atoms with Crippen LogP contribution >= 0.6 is 0 Å². The molecule has 3 rings (SSSR count). The number of amides is 2. The van der Waals surface area contributed by atoms with Crippen molar-refractivity contribution in [2.24, 2.45) is 0 Å². The Morgan fingerprint density at radius 3 is 3.05 bits per heavy atom. The molecule has 1 saturated heterocycles. The van der Waals surface area contributed by atoms with Crippen LogP contribution in [0.5, 0.6) is 0 Å². The quantitative estimate of drug-likeness (QED) is 0.904. The molecule has 5 heteroatoms. The van der Waals surface area contributed by atoms with Crippen molar-refractivity contribution < 1.29 is 9.59 Å². The van der Waals surface area contributed by atoms with Gasteiger partial charge in [0.05, 0.1) is 19.1 Å². The average Bonchev–Trinajstić information content (AvgIpc) is 2.53. The third-order valence-corrected chi connectivity index (χ3v) is 4.67. The summed E-state index contributed by atoms with van der Waals surface area (Å²) >= 11 is 0. The van der Waals surface area contributed by atoms with Crippen molar-refractivity contribution in [3.05, 3.63) is 35.4 Å². The number of nitrogens with one attached hydrogen (secondary N) is 1. The van der Waals surface area contributed by atoms with E-state index < -0.39 is 0 Å². The van der Waals surface area contributed by atoms with Crippen LogP contribution in [0.4, 0.5) is 0 Å². The molecule has 1 aliphatic carbocycles. The summed E-state index contributed by atoms with van der Waals surface area (Å²) in [5, 5.41) is 2.79. The van der Waals surface area contributed by atoms with Crippen molar-refractivity contribution in [3.63, 3.8) is 0 Å². The number of rotatable bonds is 3. The molecule has 1 fully saturated rings. The molecule has 0 unspecified atom stereocenters. The lowest BCUT2D eigenvalue weighted by Crippen LogP contribution is -2.51. The molecule has 0 radical (unpaired) electrons. The van der Waals surface area contributed by atoms with Gasteiger partial charge in [0.15, 0.2) is 0 Å². The Hall–Kier alpha value is -1.88. The van der Waals surface area contributed by atoms with Gasteiger partial charge >= 0.3 is 0 Å². The maximum Gasteiger partial charge on any atom is 0.237 e. The fourth-order valence-electron chi connectivity index (χ4n) is 3.43. The number of benzene rings is 1. The van der Waals surface area contributed by atoms with Gasteiger partial charge in [-0.05, 0) is 30.4 Å². The molecular weight excluding hydrogens is 278 g/mol. The highest BCUT2D eigenvalue weighted by molar-refractivity contribution is 5.82. The summed E-state index contributed by atoms with van der Waals surface area (Å²) in [5.41, 5.74) is 2.64. The molecular formula is C17H23N3O2. The van der Waals surface area contributed by atoms with Gasteiger partial charge in [0.1, 0.15) is 0 Å². The van der Waals surface area contributed by atoms with Crippen molar-refractivity contribution in [1.29, 1.82) is 0 Å². The smallest absolute Gasteiger partial charge is 0.237 e. The third kappa shape index (κ3) is 3.14. The van der Waals surface area contributed by atoms with Gasteiger partial charge in [0, 0.05) is 20.1 Å². The van der Waals surface area contributed by atoms with E-state index in [4.69, 9.17) is 0 Å². The lowest BCUT2D eigenvalue weighted by molar-refractivity contribution is -0.135. The van der Waals surface area contributed by atoms with Gasteiger partial charge in [0.2, 0.25) is 11.8 Å². The van der Waals surface area contributed by atoms with Gasteiger partial charge < -0.3 is 10.2 Å². The lowest BCUT2D eigenvalue weighted by Gasteiger charge is -2.35. The lowest BCUT2D eigenvalue weighted by atomic mass is 9.87. The van der Waals surface area contributed by atoms with E-state index in [1.165, 1.54) is 11.1 Å². The van der Waals surface area contributed by atoms with Crippen LogP contribution in [-0.2, 0) is 16.0 Å². The van der Waals surface area contributed by atoms with Crippen molar-refractivity contribution in [3.8, 4) is 0 Å². The highest BCUT2D eigenvalue weighted by Crippen LogP contribution is 2.33. The zero-order valence-corrected chi connectivity index (χ0v) is 13.0. The minimum absolute atomic E-state index is 0.00437. The van der Waals surface area contributed by atoms with Crippen LogP contribution in [0.1, 0.15) is 30.0 Å². The minimum atomic E-state index is 0.00437. The summed E-state index contributed by atoms with van der Waals surface area (Å²) in [5.74, 6) is 0.0983. The van der Waals surface area contributed by atoms with Crippen LogP contribution in [0.15, 0.2) is 24.3 Å². The fourth-order valence-corrected chi connectivity index (χ4v) is 3.43. The second-order valence-corrected chi connectivity index (χ2v) is 6.17. The average molecular weight is 301 g/mol. The summed E-state index contributed by atoms with van der Waals surface area (Å²) in [6.07, 6.45) is 3.23. The van der Waals surface area contributed by atoms with Crippen LogP contribution in [0, 0.1) is 0 Å². The molecule has 0 saturated carbocycles. The molecule has 1 heterocycles. The largest absolute Gasteiger partial charge is 0.354 e. The van der Waals surface area contributed by atoms with Crippen LogP contribution < -0.4 is 5.32 Å². The minimum Gasteiger partial charge on any atom is -0.354 e. The Bertz CT molecular complexity index is 573. The Morgan fingerprint density at radius 1 is 1.41 bits per heavy atom. The van der Waals surface area contributed by atoms with E-state index in [-0.39, 0.29) is 17.9 Å². The summed E-state index contributed by atoms with van der Waals surface area (Å²) in [7, 11) is 1.89. The Kier molecular flexibility index (Phi) is 4.43. The summed E-state index contributed by atoms with van der Waals surface area (Å²) in [6, 6.07) is 8.57. The molecule has 1 aliphatic heterocycles. The van der Waals surface area contributed by atoms with Crippen LogP contribution in [-0.4, -0.2) is 54.8 Å². The number of carbonyl (C=O) groups is 2. The maximum absolute atomic E-state index is 12.6. The monoisotopic (exact) mass is 301 g/mol. The Labute approximate surface area is 131 Å². The van der Waals surface area contributed by atoms with Crippen molar-refractivity contribution >= 4 is 11.8 Å². The number of likely N-dealkylation sites (N-methyl/N-ethyl adjacent to an activating group) is 1. The second-order valence-electron chi connectivity index (χ2n) is 6.17. The Balaban J connectivity index is 1.67. The molecule has 1 N–H and O–H groups in total. The van der Waals surface area contributed by atoms with Crippen LogP contribution in [0.2, 0.25) is 0 Å². The van der Waals surface area contributed by atoms with Gasteiger partial charge in [-0.3, -0.25) is 14.5 Å². The molecule has 22 heavy (non-hydrogen) atoms. The van der Waals surface area contributed by atoms with Gasteiger partial charge in [-0.25, -0.2) is 0 Å². The third-order valence-electron chi connectivity index (χ3n) is 4.67. The van der Waals surface area contributed by atoms with Gasteiger partial charge in [-0.1, -0.05) is 24.3 Å². The SMILES string of the molecule is CN(C(=O)CN1CCNC(=O)C1)[C@H]1CCCc2ccccc21. The zero-order valence-electron chi connectivity index (χ0n) is 13.0. The molecule has 2 aliphatic rings. The number of aryl methyl sites for hydroxylation is 1. The second kappa shape index (κ2) is 6.48. The van der Waals surface area contributed by atoms with Crippen LogP contribution in [0.25, 0.3) is 0 Å². The summed E-state index contributed by atoms with van der Waals surface area (Å²) in [4.78, 5) is 27.8. The number of nitrogens with zero attached hydrogens (tertiary/aromatic N) is 2. The zero-order chi connectivity index (χ0) is 15.5. The van der Waals surface area contributed by atoms with Crippen LogP contribution in [0.3, 0.4) is 0 Å². The number of hydrogen-bond donors (Lipinski definition) is 1. The number of hydrogen-bond acceptors (Lipinski definition) is 3. The predicted octanol–water partition coefficient (Wildman–Crippen LogP) is 0.954. The van der Waals surface area contributed by atoms with E-state index in [1.807, 2.05) is 22.9 Å². The first-order valence-corrected chi connectivity index (χ1v) is 7.97. The van der Waals surface area contributed by atoms with E-state index in [0.29, 0.717) is 19.6 Å². The van der Waals surface area contributed by atoms with Crippen molar-refractivity contribution in [1.82, 2.24) is 15.1 Å². The molecule has 2 amide bonds. The Morgan fingerprint density at radius 2 is 2.23 bits per heavy atom. The first kappa shape index (κ1) is 15.0. The van der Waals surface area contributed by atoms with E-state index in [9.17, 15) is 9.59 Å². The van der Waals surface area contributed by atoms with Crippen molar-refractivity contribution in [2.75, 3.05) is 33.2 Å². The molecule has 1 aromatic carbocycles. The molecule has 5 nitrogen and oxygen atoms in total. The van der Waals surface area contributed by atoms with Gasteiger partial charge in [-0.15, -0.1) is 0 Å². The molecule has 0 aromatic heterocycles. The highest BCUT2D eigenvalue weighted by atomic mass is 16.2. The van der Waals surface area contributed by atoms with E-state index >= 15 is 0 Å². The topological polar surface area (TPSA) is 52.7 Å². The van der Waals surface area contributed by atoms with E-state index in [1.54, 1.807) is 0 Å². The first-order valence-electron chi connectivity index (χ1n) is 7.97. The van der Waals surface area contributed by atoms with Gasteiger partial charge in [-0.2, -0.15) is 0 Å². The molecule has 0 spiro atoms. The van der Waals surface area contributed by atoms with E-state index in [2.05, 4.69) is 23.5 Å². The maximum atomic E-state index is 12.6. The molecule has 1 atom stereocenters. The number of fused-ring (bicyclic) bond motifs is 1. The first-order chi connectivity index (χ1) is 10.6. The molecule has 118 valence electrons. The molecule has 1 aromatic rings. The van der Waals surface area contributed by atoms with E-state index in [0.717, 1.165) is 25.8 Å². The molecule has 0 bridgehead atoms. The highest BCUT2D eigenvalue weighted by Gasteiger charge is 2.28. The standard InChI is InChI=1S/C17H23N3O2/c1-19(17(22)12-20-10-9-18-16(21)11-20)15-8-4-6-13-5-2-3-7-14(13)15/h2-3,5,7,15H,4,6,8-12H2,1H3,(H,18,21)/t15-/m0/s1. The fraction of sp³-hybridized carbons (Fsp3) is 0.529. The van der Waals surface area contributed by atoms with Crippen molar-refractivity contribution in [2.45, 2.75) is 25.3 Å². The summed E-state index contributed by atoms with van der Waals surface area (Å²) in [6.45, 7) is 2.01. The number of carbonyl (C=O) groups excluding carboxylic acids is 2. The normalized spacial score (nSPS) is 21.9. The number of piperazine rings is 1.